The van der Waals surface area contributed by atoms with Crippen LogP contribution in [0.25, 0.3) is 5.57 Å². The Bertz CT molecular complexity index is 432. The van der Waals surface area contributed by atoms with Crippen molar-refractivity contribution in [3.8, 4) is 0 Å². The highest BCUT2D eigenvalue weighted by Gasteiger charge is 1.99. The normalized spacial score (nSPS) is 12.8. The molecule has 0 bridgehead atoms. The van der Waals surface area contributed by atoms with Gasteiger partial charge < -0.3 is 0 Å². The van der Waals surface area contributed by atoms with Gasteiger partial charge in [-0.05, 0) is 18.1 Å². The van der Waals surface area contributed by atoms with Crippen LogP contribution in [0.3, 0.4) is 0 Å². The summed E-state index contributed by atoms with van der Waals surface area (Å²) in [5.74, 6) is 0. The smallest absolute Gasteiger partial charge is 0.264 e. The van der Waals surface area contributed by atoms with E-state index in [1.165, 1.54) is 0 Å². The molecule has 1 rings (SSSR count). The lowest BCUT2D eigenvalue weighted by molar-refractivity contribution is 0.362. The molecule has 1 aromatic carbocycles. The predicted molar refractivity (Wildman–Crippen MR) is 60.9 cm³/mol. The first-order chi connectivity index (χ1) is 6.99. The van der Waals surface area contributed by atoms with Gasteiger partial charge in [-0.2, -0.15) is 8.42 Å². The van der Waals surface area contributed by atoms with Crippen molar-refractivity contribution in [1.82, 2.24) is 0 Å². The van der Waals surface area contributed by atoms with Crippen LogP contribution in [0.15, 0.2) is 36.4 Å². The minimum atomic E-state index is -3.35. The van der Waals surface area contributed by atoms with Crippen molar-refractivity contribution in [2.75, 3.05) is 12.9 Å². The van der Waals surface area contributed by atoms with Gasteiger partial charge in [0.1, 0.15) is 0 Å². The molecule has 0 aliphatic heterocycles. The third kappa shape index (κ3) is 4.76. The molecular formula is C11H14O3S. The van der Waals surface area contributed by atoms with Gasteiger partial charge >= 0.3 is 0 Å². The largest absolute Gasteiger partial charge is 0.266 e. The van der Waals surface area contributed by atoms with Gasteiger partial charge in [0.25, 0.3) is 10.1 Å². The Labute approximate surface area is 90.5 Å². The molecule has 0 aliphatic rings. The summed E-state index contributed by atoms with van der Waals surface area (Å²) in [6.45, 7) is 2.00. The molecule has 0 heterocycles. The summed E-state index contributed by atoms with van der Waals surface area (Å²) in [4.78, 5) is 0. The zero-order valence-electron chi connectivity index (χ0n) is 8.80. The highest BCUT2D eigenvalue weighted by molar-refractivity contribution is 7.85. The van der Waals surface area contributed by atoms with Gasteiger partial charge in [-0.15, -0.1) is 0 Å². The highest BCUT2D eigenvalue weighted by Crippen LogP contribution is 2.12. The maximum absolute atomic E-state index is 10.7. The van der Waals surface area contributed by atoms with Gasteiger partial charge in [0.05, 0.1) is 12.9 Å². The Morgan fingerprint density at radius 3 is 2.47 bits per heavy atom. The van der Waals surface area contributed by atoms with Crippen molar-refractivity contribution in [3.05, 3.63) is 42.0 Å². The summed E-state index contributed by atoms with van der Waals surface area (Å²) in [6, 6.07) is 9.73. The van der Waals surface area contributed by atoms with Gasteiger partial charge in [0.15, 0.2) is 0 Å². The number of benzene rings is 1. The first-order valence-electron chi connectivity index (χ1n) is 4.55. The van der Waals surface area contributed by atoms with E-state index in [2.05, 4.69) is 4.18 Å². The average molecular weight is 226 g/mol. The number of rotatable bonds is 4. The molecule has 0 saturated carbocycles. The molecule has 0 fully saturated rings. The minimum Gasteiger partial charge on any atom is -0.266 e. The first kappa shape index (κ1) is 11.9. The van der Waals surface area contributed by atoms with Crippen LogP contribution in [0.4, 0.5) is 0 Å². The molecule has 0 atom stereocenters. The summed E-state index contributed by atoms with van der Waals surface area (Å²) in [5, 5.41) is 0. The Morgan fingerprint density at radius 1 is 1.33 bits per heavy atom. The fourth-order valence-electron chi connectivity index (χ4n) is 1.10. The van der Waals surface area contributed by atoms with Crippen LogP contribution in [0.5, 0.6) is 0 Å². The first-order valence-corrected chi connectivity index (χ1v) is 6.37. The number of hydrogen-bond donors (Lipinski definition) is 0. The predicted octanol–water partition coefficient (Wildman–Crippen LogP) is 2.07. The lowest BCUT2D eigenvalue weighted by Crippen LogP contribution is -2.02. The number of allylic oxidation sites excluding steroid dienone is 1. The second-order valence-corrected chi connectivity index (χ2v) is 4.89. The summed E-state index contributed by atoms with van der Waals surface area (Å²) in [6.07, 6.45) is 2.79. The van der Waals surface area contributed by atoms with Crippen molar-refractivity contribution in [2.24, 2.45) is 0 Å². The Balaban J connectivity index is 2.62. The zero-order chi connectivity index (χ0) is 11.3. The molecule has 0 spiro atoms. The summed E-state index contributed by atoms with van der Waals surface area (Å²) >= 11 is 0. The lowest BCUT2D eigenvalue weighted by Gasteiger charge is -2.01. The highest BCUT2D eigenvalue weighted by atomic mass is 32.2. The fourth-order valence-corrected chi connectivity index (χ4v) is 1.42. The van der Waals surface area contributed by atoms with Crippen molar-refractivity contribution in [3.63, 3.8) is 0 Å². The minimum absolute atomic E-state index is 0.0829. The van der Waals surface area contributed by atoms with Crippen LogP contribution < -0.4 is 0 Å². The Morgan fingerprint density at radius 2 is 1.93 bits per heavy atom. The maximum Gasteiger partial charge on any atom is 0.264 e. The molecule has 4 heteroatoms. The lowest BCUT2D eigenvalue weighted by atomic mass is 10.1. The van der Waals surface area contributed by atoms with Crippen LogP contribution >= 0.6 is 0 Å². The molecule has 0 aliphatic carbocycles. The van der Waals surface area contributed by atoms with E-state index in [9.17, 15) is 8.42 Å². The van der Waals surface area contributed by atoms with Gasteiger partial charge in [-0.25, -0.2) is 0 Å². The van der Waals surface area contributed by atoms with Crippen molar-refractivity contribution >= 4 is 15.7 Å². The molecule has 15 heavy (non-hydrogen) atoms. The topological polar surface area (TPSA) is 43.4 Å². The molecule has 1 aromatic rings. The van der Waals surface area contributed by atoms with E-state index in [-0.39, 0.29) is 6.61 Å². The SMILES string of the molecule is C/C(=C\COS(C)(=O)=O)c1ccccc1. The monoisotopic (exact) mass is 226 g/mol. The quantitative estimate of drug-likeness (QED) is 0.738. The van der Waals surface area contributed by atoms with E-state index in [0.29, 0.717) is 0 Å². The van der Waals surface area contributed by atoms with Gasteiger partial charge in [-0.1, -0.05) is 36.4 Å². The van der Waals surface area contributed by atoms with Crippen molar-refractivity contribution in [1.29, 1.82) is 0 Å². The summed E-state index contributed by atoms with van der Waals surface area (Å²) in [7, 11) is -3.35. The van der Waals surface area contributed by atoms with Crippen LogP contribution in [-0.2, 0) is 14.3 Å². The number of hydrogen-bond acceptors (Lipinski definition) is 3. The van der Waals surface area contributed by atoms with E-state index in [1.54, 1.807) is 6.08 Å². The molecule has 82 valence electrons. The van der Waals surface area contributed by atoms with Crippen molar-refractivity contribution < 1.29 is 12.6 Å². The Kier molecular flexibility index (Phi) is 4.05. The molecule has 0 amide bonds. The molecule has 0 radical (unpaired) electrons. The third-order valence-corrected chi connectivity index (χ3v) is 2.47. The molecule has 0 unspecified atom stereocenters. The summed E-state index contributed by atoms with van der Waals surface area (Å²) in [5.41, 5.74) is 2.06. The molecule has 0 saturated heterocycles. The van der Waals surface area contributed by atoms with Gasteiger partial charge in [0.2, 0.25) is 0 Å². The average Bonchev–Trinajstić information content (AvgIpc) is 2.17. The third-order valence-electron chi connectivity index (χ3n) is 1.90. The molecule has 0 aromatic heterocycles. The fraction of sp³-hybridized carbons (Fsp3) is 0.273. The second kappa shape index (κ2) is 5.09. The van der Waals surface area contributed by atoms with E-state index in [4.69, 9.17) is 0 Å². The van der Waals surface area contributed by atoms with E-state index in [0.717, 1.165) is 17.4 Å². The van der Waals surface area contributed by atoms with E-state index in [1.807, 2.05) is 37.3 Å². The van der Waals surface area contributed by atoms with E-state index < -0.39 is 10.1 Å². The Hall–Kier alpha value is -1.13. The maximum atomic E-state index is 10.7. The van der Waals surface area contributed by atoms with Crippen LogP contribution in [0.2, 0.25) is 0 Å². The molecule has 0 N–H and O–H groups in total. The zero-order valence-corrected chi connectivity index (χ0v) is 9.62. The molecule has 3 nitrogen and oxygen atoms in total. The van der Waals surface area contributed by atoms with E-state index >= 15 is 0 Å². The standard InChI is InChI=1S/C11H14O3S/c1-10(8-9-14-15(2,12)13)11-6-4-3-5-7-11/h3-8H,9H2,1-2H3/b10-8+. The molecular weight excluding hydrogens is 212 g/mol. The van der Waals surface area contributed by atoms with Crippen LogP contribution in [0, 0.1) is 0 Å². The second-order valence-electron chi connectivity index (χ2n) is 3.24. The van der Waals surface area contributed by atoms with Crippen LogP contribution in [-0.4, -0.2) is 21.3 Å². The van der Waals surface area contributed by atoms with Crippen molar-refractivity contribution in [2.45, 2.75) is 6.92 Å². The van der Waals surface area contributed by atoms with Gasteiger partial charge in [0, 0.05) is 0 Å². The van der Waals surface area contributed by atoms with Crippen LogP contribution in [0.1, 0.15) is 12.5 Å². The summed E-state index contributed by atoms with van der Waals surface area (Å²) < 4.78 is 26.0. The van der Waals surface area contributed by atoms with Gasteiger partial charge in [-0.3, -0.25) is 4.18 Å².